The molecule has 2 heterocycles. The number of hydrogen-bond donors (Lipinski definition) is 0. The van der Waals surface area contributed by atoms with E-state index in [2.05, 4.69) is 4.98 Å². The lowest BCUT2D eigenvalue weighted by Crippen LogP contribution is -1.92. The Kier molecular flexibility index (Phi) is 3.39. The predicted molar refractivity (Wildman–Crippen MR) is 76.7 cm³/mol. The normalized spacial score (nSPS) is 10.8. The van der Waals surface area contributed by atoms with Crippen molar-refractivity contribution in [3.8, 4) is 0 Å². The Morgan fingerprint density at radius 1 is 1.25 bits per heavy atom. The van der Waals surface area contributed by atoms with Gasteiger partial charge in [0.2, 0.25) is 0 Å². The van der Waals surface area contributed by atoms with Gasteiger partial charge in [-0.1, -0.05) is 0 Å². The first-order valence-electron chi connectivity index (χ1n) is 5.93. The van der Waals surface area contributed by atoms with Gasteiger partial charge in [0.15, 0.2) is 0 Å². The summed E-state index contributed by atoms with van der Waals surface area (Å²) in [5.41, 5.74) is 0.730. The van der Waals surface area contributed by atoms with Crippen LogP contribution in [-0.4, -0.2) is 9.91 Å². The first kappa shape index (κ1) is 12.7. The van der Waals surface area contributed by atoms with Crippen molar-refractivity contribution in [3.05, 3.63) is 64.7 Å². The maximum atomic E-state index is 11.0. The molecule has 0 atom stereocenters. The molecule has 0 N–H and O–H groups in total. The molecule has 0 fully saturated rings. The highest BCUT2D eigenvalue weighted by Gasteiger charge is 2.15. The van der Waals surface area contributed by atoms with E-state index in [0.29, 0.717) is 16.7 Å². The summed E-state index contributed by atoms with van der Waals surface area (Å²) >= 11 is 1.55. The highest BCUT2D eigenvalue weighted by atomic mass is 32.2. The van der Waals surface area contributed by atoms with Gasteiger partial charge in [-0.05, 0) is 30.3 Å². The standard InChI is InChI=1S/C14H10N2O3S/c17-16(18)12-5-6-13(14-11(12)4-1-7-15-14)20-9-10-3-2-8-19-10/h1-8H,9H2. The lowest BCUT2D eigenvalue weighted by molar-refractivity contribution is -0.383. The van der Waals surface area contributed by atoms with E-state index in [1.165, 1.54) is 6.07 Å². The minimum atomic E-state index is -0.384. The highest BCUT2D eigenvalue weighted by molar-refractivity contribution is 7.98. The highest BCUT2D eigenvalue weighted by Crippen LogP contribution is 2.33. The molecule has 0 saturated carbocycles. The fraction of sp³-hybridized carbons (Fsp3) is 0.0714. The summed E-state index contributed by atoms with van der Waals surface area (Å²) in [4.78, 5) is 15.8. The van der Waals surface area contributed by atoms with E-state index >= 15 is 0 Å². The fourth-order valence-corrected chi connectivity index (χ4v) is 2.88. The molecule has 100 valence electrons. The largest absolute Gasteiger partial charge is 0.468 e. The quantitative estimate of drug-likeness (QED) is 0.411. The van der Waals surface area contributed by atoms with Crippen molar-refractivity contribution in [1.82, 2.24) is 4.98 Å². The van der Waals surface area contributed by atoms with Gasteiger partial charge in [0.25, 0.3) is 5.69 Å². The van der Waals surface area contributed by atoms with Crippen molar-refractivity contribution in [2.45, 2.75) is 10.6 Å². The van der Waals surface area contributed by atoms with Gasteiger partial charge in [0.05, 0.1) is 27.8 Å². The number of benzene rings is 1. The Balaban J connectivity index is 1.99. The van der Waals surface area contributed by atoms with E-state index in [-0.39, 0.29) is 10.6 Å². The van der Waals surface area contributed by atoms with Gasteiger partial charge >= 0.3 is 0 Å². The Hall–Kier alpha value is -2.34. The molecule has 0 aliphatic heterocycles. The molecule has 0 unspecified atom stereocenters. The number of nitro benzene ring substituents is 1. The number of rotatable bonds is 4. The second-order valence-electron chi connectivity index (χ2n) is 4.11. The Morgan fingerprint density at radius 3 is 2.90 bits per heavy atom. The molecule has 20 heavy (non-hydrogen) atoms. The van der Waals surface area contributed by atoms with Gasteiger partial charge in [-0.15, -0.1) is 11.8 Å². The summed E-state index contributed by atoms with van der Waals surface area (Å²) in [7, 11) is 0. The van der Waals surface area contributed by atoms with Crippen LogP contribution in [0.3, 0.4) is 0 Å². The Bertz CT molecular complexity index is 756. The van der Waals surface area contributed by atoms with Crippen LogP contribution in [0.4, 0.5) is 5.69 Å². The van der Waals surface area contributed by atoms with E-state index in [1.807, 2.05) is 12.1 Å². The molecule has 3 rings (SSSR count). The van der Waals surface area contributed by atoms with Gasteiger partial charge in [-0.2, -0.15) is 0 Å². The number of nitrogens with zero attached hydrogens (tertiary/aromatic N) is 2. The average Bonchev–Trinajstić information content (AvgIpc) is 2.97. The van der Waals surface area contributed by atoms with Gasteiger partial charge in [0.1, 0.15) is 5.76 Å². The zero-order valence-electron chi connectivity index (χ0n) is 10.4. The third-order valence-corrected chi connectivity index (χ3v) is 3.93. The summed E-state index contributed by atoms with van der Waals surface area (Å²) in [6.07, 6.45) is 3.27. The lowest BCUT2D eigenvalue weighted by atomic mass is 10.2. The van der Waals surface area contributed by atoms with Gasteiger partial charge < -0.3 is 4.42 Å². The van der Waals surface area contributed by atoms with Crippen LogP contribution in [0.15, 0.2) is 58.2 Å². The number of pyridine rings is 1. The van der Waals surface area contributed by atoms with Crippen LogP contribution in [0.25, 0.3) is 10.9 Å². The summed E-state index contributed by atoms with van der Waals surface area (Å²) in [5.74, 6) is 1.52. The zero-order valence-corrected chi connectivity index (χ0v) is 11.2. The van der Waals surface area contributed by atoms with Crippen LogP contribution in [-0.2, 0) is 5.75 Å². The molecule has 2 aromatic heterocycles. The van der Waals surface area contributed by atoms with E-state index in [1.54, 1.807) is 42.4 Å². The maximum Gasteiger partial charge on any atom is 0.278 e. The molecular weight excluding hydrogens is 276 g/mol. The van der Waals surface area contributed by atoms with Crippen LogP contribution < -0.4 is 0 Å². The van der Waals surface area contributed by atoms with Crippen LogP contribution in [0.1, 0.15) is 5.76 Å². The number of aromatic nitrogens is 1. The van der Waals surface area contributed by atoms with E-state index < -0.39 is 0 Å². The molecule has 0 spiro atoms. The van der Waals surface area contributed by atoms with Crippen molar-refractivity contribution in [2.24, 2.45) is 0 Å². The predicted octanol–water partition coefficient (Wildman–Crippen LogP) is 4.03. The fourth-order valence-electron chi connectivity index (χ4n) is 1.95. The number of furan rings is 1. The van der Waals surface area contributed by atoms with E-state index in [0.717, 1.165) is 10.7 Å². The minimum absolute atomic E-state index is 0.0791. The van der Waals surface area contributed by atoms with Gasteiger partial charge in [-0.3, -0.25) is 15.1 Å². The van der Waals surface area contributed by atoms with Crippen molar-refractivity contribution in [1.29, 1.82) is 0 Å². The molecule has 0 aliphatic carbocycles. The number of hydrogen-bond acceptors (Lipinski definition) is 5. The number of fused-ring (bicyclic) bond motifs is 1. The molecule has 6 heteroatoms. The number of nitro groups is 1. The van der Waals surface area contributed by atoms with Crippen molar-refractivity contribution >= 4 is 28.4 Å². The van der Waals surface area contributed by atoms with E-state index in [4.69, 9.17) is 4.42 Å². The number of non-ortho nitro benzene ring substituents is 1. The Labute approximate surface area is 118 Å². The first-order valence-corrected chi connectivity index (χ1v) is 6.91. The topological polar surface area (TPSA) is 69.2 Å². The lowest BCUT2D eigenvalue weighted by Gasteiger charge is -2.05. The number of thioether (sulfide) groups is 1. The maximum absolute atomic E-state index is 11.0. The molecule has 0 bridgehead atoms. The van der Waals surface area contributed by atoms with Crippen LogP contribution in [0, 0.1) is 10.1 Å². The average molecular weight is 286 g/mol. The molecule has 5 nitrogen and oxygen atoms in total. The Morgan fingerprint density at radius 2 is 2.15 bits per heavy atom. The monoisotopic (exact) mass is 286 g/mol. The van der Waals surface area contributed by atoms with Crippen molar-refractivity contribution in [3.63, 3.8) is 0 Å². The molecule has 0 radical (unpaired) electrons. The zero-order chi connectivity index (χ0) is 13.9. The molecule has 0 amide bonds. The molecule has 3 aromatic rings. The summed E-state index contributed by atoms with van der Waals surface area (Å²) < 4.78 is 5.28. The second-order valence-corrected chi connectivity index (χ2v) is 5.12. The third kappa shape index (κ3) is 2.37. The van der Waals surface area contributed by atoms with Gasteiger partial charge in [-0.25, -0.2) is 0 Å². The van der Waals surface area contributed by atoms with Crippen LogP contribution >= 0.6 is 11.8 Å². The summed E-state index contributed by atoms with van der Waals surface area (Å²) in [6.45, 7) is 0. The van der Waals surface area contributed by atoms with Crippen LogP contribution in [0.5, 0.6) is 0 Å². The van der Waals surface area contributed by atoms with E-state index in [9.17, 15) is 10.1 Å². The van der Waals surface area contributed by atoms with Crippen LogP contribution in [0.2, 0.25) is 0 Å². The van der Waals surface area contributed by atoms with Crippen molar-refractivity contribution in [2.75, 3.05) is 0 Å². The smallest absolute Gasteiger partial charge is 0.278 e. The third-order valence-electron chi connectivity index (χ3n) is 2.86. The molecule has 1 aromatic carbocycles. The second kappa shape index (κ2) is 5.34. The first-order chi connectivity index (χ1) is 9.75. The molecule has 0 saturated heterocycles. The van der Waals surface area contributed by atoms with Gasteiger partial charge in [0, 0.05) is 17.2 Å². The molecular formula is C14H10N2O3S. The van der Waals surface area contributed by atoms with Crippen molar-refractivity contribution < 1.29 is 9.34 Å². The molecule has 0 aliphatic rings. The SMILES string of the molecule is O=[N+]([O-])c1ccc(SCc2ccco2)c2ncccc12. The summed E-state index contributed by atoms with van der Waals surface area (Å²) in [5, 5.41) is 11.6. The minimum Gasteiger partial charge on any atom is -0.468 e. The summed E-state index contributed by atoms with van der Waals surface area (Å²) in [6, 6.07) is 10.4.